The van der Waals surface area contributed by atoms with Gasteiger partial charge in [-0.2, -0.15) is 15.0 Å². The maximum atomic E-state index is 12.2. The Labute approximate surface area is 218 Å². The van der Waals surface area contributed by atoms with E-state index in [1.807, 2.05) is 24.3 Å². The number of aromatic nitrogens is 3. The van der Waals surface area contributed by atoms with Gasteiger partial charge >= 0.3 is 0 Å². The number of ether oxygens (including phenoxy) is 2. The van der Waals surface area contributed by atoms with Crippen LogP contribution in [0.5, 0.6) is 0 Å². The van der Waals surface area contributed by atoms with Crippen LogP contribution in [0.3, 0.4) is 0 Å². The molecule has 1 aromatic carbocycles. The fraction of sp³-hybridized carbons (Fsp3) is 0.600. The summed E-state index contributed by atoms with van der Waals surface area (Å²) in [6.07, 6.45) is 5.51. The SMILES string of the molecule is NCCOCCOCCNC(=O)Cc1ccc(Nc2nc(NCCCO)nc(NC3CCCC3)n2)cc1. The lowest BCUT2D eigenvalue weighted by Crippen LogP contribution is -2.29. The second-order valence-electron chi connectivity index (χ2n) is 8.80. The molecule has 2 aromatic rings. The first-order valence-corrected chi connectivity index (χ1v) is 13.0. The van der Waals surface area contributed by atoms with Crippen molar-refractivity contribution in [2.45, 2.75) is 44.6 Å². The molecule has 0 atom stereocenters. The third kappa shape index (κ3) is 11.3. The molecule has 1 aliphatic carbocycles. The molecule has 12 nitrogen and oxygen atoms in total. The van der Waals surface area contributed by atoms with Crippen LogP contribution >= 0.6 is 0 Å². The average molecular weight is 517 g/mol. The second kappa shape index (κ2) is 16.6. The smallest absolute Gasteiger partial charge is 0.233 e. The summed E-state index contributed by atoms with van der Waals surface area (Å²) in [6, 6.07) is 7.94. The molecular weight excluding hydrogens is 476 g/mol. The number of nitrogens with one attached hydrogen (secondary N) is 4. The van der Waals surface area contributed by atoms with Crippen LogP contribution in [0.25, 0.3) is 0 Å². The molecule has 1 heterocycles. The van der Waals surface area contributed by atoms with Gasteiger partial charge < -0.3 is 41.6 Å². The zero-order valence-electron chi connectivity index (χ0n) is 21.4. The molecule has 7 N–H and O–H groups in total. The number of rotatable bonds is 18. The zero-order valence-corrected chi connectivity index (χ0v) is 21.4. The highest BCUT2D eigenvalue weighted by molar-refractivity contribution is 5.78. The average Bonchev–Trinajstić information content (AvgIpc) is 3.40. The molecule has 0 bridgehead atoms. The maximum Gasteiger partial charge on any atom is 0.233 e. The largest absolute Gasteiger partial charge is 0.396 e. The number of hydrogen-bond donors (Lipinski definition) is 6. The first-order chi connectivity index (χ1) is 18.2. The van der Waals surface area contributed by atoms with Crippen molar-refractivity contribution in [3.63, 3.8) is 0 Å². The van der Waals surface area contributed by atoms with Crippen molar-refractivity contribution in [2.24, 2.45) is 5.73 Å². The predicted molar refractivity (Wildman–Crippen MR) is 143 cm³/mol. The van der Waals surface area contributed by atoms with Crippen LogP contribution in [0.4, 0.5) is 23.5 Å². The molecule has 1 saturated carbocycles. The van der Waals surface area contributed by atoms with Gasteiger partial charge in [-0.25, -0.2) is 0 Å². The van der Waals surface area contributed by atoms with Gasteiger partial charge in [0.05, 0.1) is 32.8 Å². The molecule has 37 heavy (non-hydrogen) atoms. The number of hydrogen-bond acceptors (Lipinski definition) is 11. The number of aliphatic hydroxyl groups is 1. The summed E-state index contributed by atoms with van der Waals surface area (Å²) in [4.78, 5) is 25.7. The lowest BCUT2D eigenvalue weighted by atomic mass is 10.1. The number of nitrogens with two attached hydrogens (primary N) is 1. The molecule has 1 aliphatic rings. The van der Waals surface area contributed by atoms with E-state index in [9.17, 15) is 4.79 Å². The molecule has 3 rings (SSSR count). The van der Waals surface area contributed by atoms with Crippen LogP contribution in [0.1, 0.15) is 37.7 Å². The second-order valence-corrected chi connectivity index (χ2v) is 8.80. The standard InChI is InChI=1S/C25H40N8O4/c26-10-14-36-16-17-37-15-12-27-22(35)18-19-6-8-21(9-7-19)30-25-32-23(28-11-3-13-34)31-24(33-25)29-20-4-1-2-5-20/h6-9,20,34H,1-5,10-18,26H2,(H,27,35)(H3,28,29,30,31,32,33). The minimum absolute atomic E-state index is 0.0672. The lowest BCUT2D eigenvalue weighted by molar-refractivity contribution is -0.120. The topological polar surface area (TPSA) is 169 Å². The molecule has 1 aromatic heterocycles. The van der Waals surface area contributed by atoms with E-state index in [-0.39, 0.29) is 18.9 Å². The zero-order chi connectivity index (χ0) is 26.1. The summed E-state index contributed by atoms with van der Waals surface area (Å²) in [5.41, 5.74) is 7.04. The minimum atomic E-state index is -0.0672. The number of carbonyl (C=O) groups excluding carboxylic acids is 1. The van der Waals surface area contributed by atoms with Gasteiger partial charge in [-0.3, -0.25) is 4.79 Å². The highest BCUT2D eigenvalue weighted by Crippen LogP contribution is 2.22. The fourth-order valence-corrected chi connectivity index (χ4v) is 3.86. The van der Waals surface area contributed by atoms with Gasteiger partial charge in [0.15, 0.2) is 0 Å². The first kappa shape index (κ1) is 28.5. The predicted octanol–water partition coefficient (Wildman–Crippen LogP) is 1.41. The third-order valence-corrected chi connectivity index (χ3v) is 5.72. The number of aliphatic hydroxyl groups excluding tert-OH is 1. The molecular formula is C25H40N8O4. The van der Waals surface area contributed by atoms with E-state index in [0.29, 0.717) is 76.4 Å². The Bertz CT molecular complexity index is 925. The van der Waals surface area contributed by atoms with Crippen LogP contribution in [0.15, 0.2) is 24.3 Å². The summed E-state index contributed by atoms with van der Waals surface area (Å²) < 4.78 is 10.6. The quantitative estimate of drug-likeness (QED) is 0.158. The third-order valence-electron chi connectivity index (χ3n) is 5.72. The van der Waals surface area contributed by atoms with Crippen molar-refractivity contribution in [3.8, 4) is 0 Å². The van der Waals surface area contributed by atoms with Crippen LogP contribution in [-0.4, -0.2) is 84.7 Å². The van der Waals surface area contributed by atoms with Crippen molar-refractivity contribution in [1.82, 2.24) is 20.3 Å². The van der Waals surface area contributed by atoms with E-state index < -0.39 is 0 Å². The van der Waals surface area contributed by atoms with E-state index >= 15 is 0 Å². The van der Waals surface area contributed by atoms with Crippen molar-refractivity contribution < 1.29 is 19.4 Å². The molecule has 0 radical (unpaired) electrons. The molecule has 0 saturated heterocycles. The molecule has 12 heteroatoms. The number of nitrogens with zero attached hydrogens (tertiary/aromatic N) is 3. The number of carbonyl (C=O) groups is 1. The molecule has 204 valence electrons. The number of benzene rings is 1. The Morgan fingerprint density at radius 3 is 2.38 bits per heavy atom. The Balaban J connectivity index is 1.47. The molecule has 1 fully saturated rings. The molecule has 0 aliphatic heterocycles. The summed E-state index contributed by atoms with van der Waals surface area (Å²) >= 11 is 0. The van der Waals surface area contributed by atoms with Gasteiger partial charge in [0, 0.05) is 38.0 Å². The number of anilines is 4. The van der Waals surface area contributed by atoms with Crippen LogP contribution < -0.4 is 27.0 Å². The summed E-state index contributed by atoms with van der Waals surface area (Å²) in [5, 5.41) is 21.7. The first-order valence-electron chi connectivity index (χ1n) is 13.0. The van der Waals surface area contributed by atoms with Crippen LogP contribution in [0.2, 0.25) is 0 Å². The van der Waals surface area contributed by atoms with Gasteiger partial charge in [0.2, 0.25) is 23.8 Å². The number of amides is 1. The Morgan fingerprint density at radius 2 is 1.65 bits per heavy atom. The van der Waals surface area contributed by atoms with E-state index in [0.717, 1.165) is 24.1 Å². The van der Waals surface area contributed by atoms with Crippen molar-refractivity contribution in [1.29, 1.82) is 0 Å². The van der Waals surface area contributed by atoms with Crippen LogP contribution in [0, 0.1) is 0 Å². The van der Waals surface area contributed by atoms with Gasteiger partial charge in [0.25, 0.3) is 0 Å². The highest BCUT2D eigenvalue weighted by atomic mass is 16.5. The van der Waals surface area contributed by atoms with Gasteiger partial charge in [-0.15, -0.1) is 0 Å². The van der Waals surface area contributed by atoms with Crippen molar-refractivity contribution in [3.05, 3.63) is 29.8 Å². The van der Waals surface area contributed by atoms with Crippen molar-refractivity contribution >= 4 is 29.4 Å². The molecule has 0 unspecified atom stereocenters. The Kier molecular flexibility index (Phi) is 12.8. The van der Waals surface area contributed by atoms with E-state index in [1.165, 1.54) is 12.8 Å². The lowest BCUT2D eigenvalue weighted by Gasteiger charge is -2.14. The van der Waals surface area contributed by atoms with E-state index in [4.69, 9.17) is 20.3 Å². The van der Waals surface area contributed by atoms with E-state index in [1.54, 1.807) is 0 Å². The van der Waals surface area contributed by atoms with Gasteiger partial charge in [-0.1, -0.05) is 25.0 Å². The highest BCUT2D eigenvalue weighted by Gasteiger charge is 2.17. The molecule has 1 amide bonds. The fourth-order valence-electron chi connectivity index (χ4n) is 3.86. The van der Waals surface area contributed by atoms with Crippen LogP contribution in [-0.2, 0) is 20.7 Å². The van der Waals surface area contributed by atoms with Gasteiger partial charge in [0.1, 0.15) is 0 Å². The summed E-state index contributed by atoms with van der Waals surface area (Å²) in [7, 11) is 0. The minimum Gasteiger partial charge on any atom is -0.396 e. The maximum absolute atomic E-state index is 12.2. The van der Waals surface area contributed by atoms with Crippen molar-refractivity contribution in [2.75, 3.05) is 68.6 Å². The van der Waals surface area contributed by atoms with Gasteiger partial charge in [-0.05, 0) is 37.0 Å². The Morgan fingerprint density at radius 1 is 0.946 bits per heavy atom. The monoisotopic (exact) mass is 516 g/mol. The normalized spacial score (nSPS) is 13.5. The molecule has 0 spiro atoms. The van der Waals surface area contributed by atoms with E-state index in [2.05, 4.69) is 36.2 Å². The summed E-state index contributed by atoms with van der Waals surface area (Å²) in [6.45, 7) is 3.52. The Hall–Kier alpha value is -3.06. The summed E-state index contributed by atoms with van der Waals surface area (Å²) in [5.74, 6) is 1.33.